The summed E-state index contributed by atoms with van der Waals surface area (Å²) in [5, 5.41) is 1.28. The molecule has 0 unspecified atom stereocenters. The van der Waals surface area contributed by atoms with Crippen molar-refractivity contribution in [2.24, 2.45) is 0 Å². The van der Waals surface area contributed by atoms with Crippen molar-refractivity contribution in [3.05, 3.63) is 33.8 Å². The van der Waals surface area contributed by atoms with E-state index in [-0.39, 0.29) is 11.1 Å². The van der Waals surface area contributed by atoms with Crippen LogP contribution in [-0.2, 0) is 20.5 Å². The Kier molecular flexibility index (Phi) is 21.3. The Morgan fingerprint density at radius 1 is 0.700 bits per heavy atom. The van der Waals surface area contributed by atoms with Crippen molar-refractivity contribution in [1.82, 2.24) is 0 Å². The zero-order valence-electron chi connectivity index (χ0n) is 26.9. The van der Waals surface area contributed by atoms with Gasteiger partial charge in [-0.05, 0) is 42.2 Å². The van der Waals surface area contributed by atoms with Gasteiger partial charge in [-0.15, -0.1) is 0 Å². The smallest absolute Gasteiger partial charge is 0.192 e. The molecule has 3 nitrogen and oxygen atoms in total. The molecule has 0 N–H and O–H groups in total. The molecule has 0 aromatic heterocycles. The average molecular weight is 618 g/mol. The molecule has 1 aromatic rings. The molecule has 0 saturated heterocycles. The third-order valence-electron chi connectivity index (χ3n) is 8.35. The van der Waals surface area contributed by atoms with Crippen molar-refractivity contribution in [3.8, 4) is 0 Å². The Morgan fingerprint density at radius 2 is 1.20 bits per heavy atom. The number of hydrogen-bond acceptors (Lipinski definition) is 3. The molecule has 0 saturated carbocycles. The van der Waals surface area contributed by atoms with Gasteiger partial charge >= 0.3 is 0 Å². The summed E-state index contributed by atoms with van der Waals surface area (Å²) in [5.74, 6) is 0. The molecular weight excluding hydrogens is 555 g/mol. The van der Waals surface area contributed by atoms with Crippen LogP contribution in [0.3, 0.4) is 0 Å². The molecule has 1 atom stereocenters. The number of ether oxygens (including phenoxy) is 2. The largest absolute Gasteiger partial charge is 0.414 e. The predicted octanol–water partition coefficient (Wildman–Crippen LogP) is 12.2. The first-order chi connectivity index (χ1) is 19.1. The van der Waals surface area contributed by atoms with Crippen LogP contribution in [0.25, 0.3) is 0 Å². The third kappa shape index (κ3) is 18.4. The lowest BCUT2D eigenvalue weighted by Gasteiger charge is -2.37. The standard InChI is InChI=1S/C34H62Cl2O3Si/c1-7-8-9-10-11-12-13-14-15-16-17-18-19-20-21-22-25-37-28-31(29-39-40(5,6)34(2,3)4)38-27-30-23-24-32(35)33(36)26-30/h23-24,26,31H,7-22,25,27-29H2,1-6H3/t31-/m1/s1. The predicted molar refractivity (Wildman–Crippen MR) is 179 cm³/mol. The minimum Gasteiger partial charge on any atom is -0.414 e. The maximum Gasteiger partial charge on any atom is 0.192 e. The number of rotatable bonds is 25. The molecule has 0 heterocycles. The fourth-order valence-electron chi connectivity index (χ4n) is 4.47. The van der Waals surface area contributed by atoms with Gasteiger partial charge in [-0.1, -0.05) is 153 Å². The molecule has 0 aliphatic rings. The van der Waals surface area contributed by atoms with Crippen LogP contribution in [0.4, 0.5) is 0 Å². The summed E-state index contributed by atoms with van der Waals surface area (Å²) in [5.41, 5.74) is 1.00. The lowest BCUT2D eigenvalue weighted by atomic mass is 10.0. The van der Waals surface area contributed by atoms with Crippen LogP contribution < -0.4 is 0 Å². The second-order valence-corrected chi connectivity index (χ2v) is 18.8. The molecular formula is C34H62Cl2O3Si. The second-order valence-electron chi connectivity index (χ2n) is 13.1. The normalized spacial score (nSPS) is 13.2. The van der Waals surface area contributed by atoms with Crippen LogP contribution in [0.5, 0.6) is 0 Å². The van der Waals surface area contributed by atoms with E-state index in [4.69, 9.17) is 37.1 Å². The van der Waals surface area contributed by atoms with Crippen LogP contribution in [0, 0.1) is 0 Å². The van der Waals surface area contributed by atoms with Gasteiger partial charge in [-0.25, -0.2) is 0 Å². The van der Waals surface area contributed by atoms with Crippen molar-refractivity contribution in [2.45, 2.75) is 161 Å². The van der Waals surface area contributed by atoms with Gasteiger partial charge in [0.15, 0.2) is 8.32 Å². The van der Waals surface area contributed by atoms with Gasteiger partial charge in [0.1, 0.15) is 6.10 Å². The summed E-state index contributed by atoms with van der Waals surface area (Å²) in [7, 11) is -1.86. The van der Waals surface area contributed by atoms with E-state index >= 15 is 0 Å². The number of unbranched alkanes of at least 4 members (excludes halogenated alkanes) is 15. The number of benzene rings is 1. The molecule has 0 amide bonds. The summed E-state index contributed by atoms with van der Waals surface area (Å²) in [6, 6.07) is 5.64. The van der Waals surface area contributed by atoms with E-state index in [9.17, 15) is 0 Å². The highest BCUT2D eigenvalue weighted by molar-refractivity contribution is 6.74. The Morgan fingerprint density at radius 3 is 1.68 bits per heavy atom. The molecule has 6 heteroatoms. The topological polar surface area (TPSA) is 27.7 Å². The summed E-state index contributed by atoms with van der Waals surface area (Å²) < 4.78 is 18.8. The van der Waals surface area contributed by atoms with Gasteiger partial charge in [-0.2, -0.15) is 0 Å². The zero-order chi connectivity index (χ0) is 29.7. The lowest BCUT2D eigenvalue weighted by Crippen LogP contribution is -2.43. The fourth-order valence-corrected chi connectivity index (χ4v) is 5.83. The highest BCUT2D eigenvalue weighted by atomic mass is 35.5. The summed E-state index contributed by atoms with van der Waals surface area (Å²) >= 11 is 12.3. The first-order valence-corrected chi connectivity index (χ1v) is 20.0. The van der Waals surface area contributed by atoms with Crippen molar-refractivity contribution in [1.29, 1.82) is 0 Å². The molecule has 0 aliphatic carbocycles. The van der Waals surface area contributed by atoms with Crippen molar-refractivity contribution in [2.75, 3.05) is 19.8 Å². The van der Waals surface area contributed by atoms with Gasteiger partial charge in [0, 0.05) is 6.61 Å². The monoisotopic (exact) mass is 616 g/mol. The SMILES string of the molecule is CCCCCCCCCCCCCCCCCCOC[C@H](CO[Si](C)(C)C(C)(C)C)OCc1ccc(Cl)c(Cl)c1. The lowest BCUT2D eigenvalue weighted by molar-refractivity contribution is -0.0476. The van der Waals surface area contributed by atoms with Gasteiger partial charge in [0.05, 0.1) is 29.9 Å². The molecule has 0 aliphatic heterocycles. The van der Waals surface area contributed by atoms with Crippen LogP contribution in [0.15, 0.2) is 18.2 Å². The van der Waals surface area contributed by atoms with Gasteiger partial charge in [0.25, 0.3) is 0 Å². The Bertz CT molecular complexity index is 751. The molecule has 0 fully saturated rings. The highest BCUT2D eigenvalue weighted by Gasteiger charge is 2.37. The van der Waals surface area contributed by atoms with Gasteiger partial charge in [0.2, 0.25) is 0 Å². The van der Waals surface area contributed by atoms with E-state index in [1.54, 1.807) is 0 Å². The van der Waals surface area contributed by atoms with E-state index in [0.717, 1.165) is 18.6 Å². The number of halogens is 2. The van der Waals surface area contributed by atoms with E-state index in [1.807, 2.05) is 18.2 Å². The average Bonchev–Trinajstić information content (AvgIpc) is 2.90. The maximum atomic E-state index is 6.46. The summed E-state index contributed by atoms with van der Waals surface area (Å²) in [6.07, 6.45) is 21.9. The van der Waals surface area contributed by atoms with Crippen LogP contribution in [-0.4, -0.2) is 34.2 Å². The van der Waals surface area contributed by atoms with E-state index in [2.05, 4.69) is 40.8 Å². The zero-order valence-corrected chi connectivity index (χ0v) is 29.4. The van der Waals surface area contributed by atoms with Crippen LogP contribution in [0.1, 0.15) is 136 Å². The molecule has 0 radical (unpaired) electrons. The number of hydrogen-bond donors (Lipinski definition) is 0. The Hall–Kier alpha value is -0.103. The van der Waals surface area contributed by atoms with E-state index < -0.39 is 8.32 Å². The highest BCUT2D eigenvalue weighted by Crippen LogP contribution is 2.36. The molecule has 234 valence electrons. The molecule has 1 rings (SSSR count). The maximum absolute atomic E-state index is 6.46. The second kappa shape index (κ2) is 22.4. The summed E-state index contributed by atoms with van der Waals surface area (Å²) in [6.45, 7) is 16.0. The quantitative estimate of drug-likeness (QED) is 0.0807. The minimum atomic E-state index is -1.86. The molecule has 0 spiro atoms. The first-order valence-electron chi connectivity index (χ1n) is 16.3. The Labute approximate surface area is 259 Å². The van der Waals surface area contributed by atoms with Crippen LogP contribution in [0.2, 0.25) is 28.2 Å². The minimum absolute atomic E-state index is 0.107. The van der Waals surface area contributed by atoms with Crippen molar-refractivity contribution in [3.63, 3.8) is 0 Å². The van der Waals surface area contributed by atoms with Gasteiger partial charge < -0.3 is 13.9 Å². The van der Waals surface area contributed by atoms with Crippen molar-refractivity contribution >= 4 is 31.5 Å². The molecule has 1 aromatic carbocycles. The first kappa shape index (κ1) is 37.9. The molecule has 40 heavy (non-hydrogen) atoms. The van der Waals surface area contributed by atoms with Crippen LogP contribution >= 0.6 is 23.2 Å². The van der Waals surface area contributed by atoms with Gasteiger partial charge in [-0.3, -0.25) is 0 Å². The molecule has 0 bridgehead atoms. The van der Waals surface area contributed by atoms with E-state index in [0.29, 0.717) is 29.9 Å². The summed E-state index contributed by atoms with van der Waals surface area (Å²) in [4.78, 5) is 0. The third-order valence-corrected chi connectivity index (χ3v) is 13.6. The van der Waals surface area contributed by atoms with Crippen molar-refractivity contribution < 1.29 is 13.9 Å². The van der Waals surface area contributed by atoms with E-state index in [1.165, 1.54) is 96.3 Å². The Balaban J connectivity index is 2.17. The fraction of sp³-hybridized carbons (Fsp3) is 0.824.